The maximum Gasteiger partial charge on any atom is 0.171 e. The molecule has 1 aliphatic rings. The summed E-state index contributed by atoms with van der Waals surface area (Å²) in [4.78, 5) is 2.33. The Balaban J connectivity index is 1.63. The Bertz CT molecular complexity index is 531. The number of likely N-dealkylation sites (N-methyl/N-ethyl adjacent to an activating group) is 1. The fourth-order valence-electron chi connectivity index (χ4n) is 2.23. The predicted molar refractivity (Wildman–Crippen MR) is 75.1 cm³/mol. The lowest BCUT2D eigenvalue weighted by Crippen LogP contribution is -2.50. The van der Waals surface area contributed by atoms with Crippen molar-refractivity contribution in [1.82, 2.24) is 35.5 Å². The van der Waals surface area contributed by atoms with Crippen molar-refractivity contribution in [3.05, 3.63) is 36.2 Å². The summed E-state index contributed by atoms with van der Waals surface area (Å²) in [6.45, 7) is 4.83. The molecule has 3 rings (SSSR count). The number of piperazine rings is 1. The lowest BCUT2D eigenvalue weighted by molar-refractivity contribution is 0.101. The minimum atomic E-state index is 0.631. The van der Waals surface area contributed by atoms with Gasteiger partial charge in [-0.1, -0.05) is 18.2 Å². The summed E-state index contributed by atoms with van der Waals surface area (Å²) in [6, 6.07) is 9.94. The number of benzene rings is 1. The van der Waals surface area contributed by atoms with E-state index in [1.54, 1.807) is 4.68 Å². The molecule has 2 heterocycles. The molecule has 0 aliphatic carbocycles. The van der Waals surface area contributed by atoms with E-state index in [0.717, 1.165) is 37.7 Å². The molecular weight excluding hydrogens is 254 g/mol. The van der Waals surface area contributed by atoms with Crippen molar-refractivity contribution in [2.45, 2.75) is 6.54 Å². The number of hydrogen-bond acceptors (Lipinski definition) is 6. The maximum absolute atomic E-state index is 4.09. The summed E-state index contributed by atoms with van der Waals surface area (Å²) < 4.78 is 1.77. The van der Waals surface area contributed by atoms with Crippen LogP contribution in [-0.2, 0) is 6.54 Å². The molecule has 1 aromatic carbocycles. The average Bonchev–Trinajstić information content (AvgIpc) is 2.96. The van der Waals surface area contributed by atoms with Gasteiger partial charge >= 0.3 is 0 Å². The van der Waals surface area contributed by atoms with Gasteiger partial charge in [0.25, 0.3) is 0 Å². The van der Waals surface area contributed by atoms with Crippen LogP contribution < -0.4 is 5.43 Å². The highest BCUT2D eigenvalue weighted by molar-refractivity contribution is 5.30. The Morgan fingerprint density at radius 1 is 1.10 bits per heavy atom. The first-order chi connectivity index (χ1) is 9.83. The molecule has 0 bridgehead atoms. The molecule has 7 heteroatoms. The Labute approximate surface area is 118 Å². The van der Waals surface area contributed by atoms with Crippen LogP contribution in [0.5, 0.6) is 0 Å². The zero-order valence-electron chi connectivity index (χ0n) is 11.6. The van der Waals surface area contributed by atoms with E-state index in [9.17, 15) is 0 Å². The highest BCUT2D eigenvalue weighted by Gasteiger charge is 2.14. The van der Waals surface area contributed by atoms with E-state index >= 15 is 0 Å². The van der Waals surface area contributed by atoms with E-state index in [2.05, 4.69) is 37.9 Å². The smallest absolute Gasteiger partial charge is 0.171 e. The van der Waals surface area contributed by atoms with Crippen LogP contribution in [0.15, 0.2) is 30.3 Å². The number of nitrogens with zero attached hydrogens (tertiary/aromatic N) is 6. The quantitative estimate of drug-likeness (QED) is 0.840. The van der Waals surface area contributed by atoms with Crippen LogP contribution >= 0.6 is 0 Å². The molecule has 0 unspecified atom stereocenters. The molecule has 0 radical (unpaired) electrons. The number of aromatic nitrogens is 4. The predicted octanol–water partition coefficient (Wildman–Crippen LogP) is -0.0857. The van der Waals surface area contributed by atoms with Crippen LogP contribution in [-0.4, -0.2) is 63.3 Å². The van der Waals surface area contributed by atoms with Crippen molar-refractivity contribution < 1.29 is 0 Å². The highest BCUT2D eigenvalue weighted by atomic mass is 15.6. The van der Waals surface area contributed by atoms with Crippen LogP contribution in [0.25, 0.3) is 5.69 Å². The van der Waals surface area contributed by atoms with Gasteiger partial charge in [0, 0.05) is 26.2 Å². The van der Waals surface area contributed by atoms with E-state index in [4.69, 9.17) is 0 Å². The van der Waals surface area contributed by atoms with Crippen molar-refractivity contribution in [1.29, 1.82) is 0 Å². The zero-order valence-corrected chi connectivity index (χ0v) is 11.6. The summed E-state index contributed by atoms with van der Waals surface area (Å²) in [5, 5.41) is 14.1. The highest BCUT2D eigenvalue weighted by Crippen LogP contribution is 2.07. The molecule has 1 fully saturated rings. The first-order valence-electron chi connectivity index (χ1n) is 6.82. The van der Waals surface area contributed by atoms with Crippen LogP contribution in [0.3, 0.4) is 0 Å². The SMILES string of the molecule is CN1CCN(NCc2nnnn2-c2ccccc2)CC1. The van der Waals surface area contributed by atoms with Crippen molar-refractivity contribution in [3.63, 3.8) is 0 Å². The third-order valence-corrected chi connectivity index (χ3v) is 3.50. The minimum Gasteiger partial charge on any atom is -0.304 e. The Morgan fingerprint density at radius 3 is 2.60 bits per heavy atom. The summed E-state index contributed by atoms with van der Waals surface area (Å²) >= 11 is 0. The van der Waals surface area contributed by atoms with E-state index in [1.807, 2.05) is 30.3 Å². The van der Waals surface area contributed by atoms with Gasteiger partial charge in [0.2, 0.25) is 0 Å². The lowest BCUT2D eigenvalue weighted by Gasteiger charge is -2.32. The van der Waals surface area contributed by atoms with Gasteiger partial charge in [-0.3, -0.25) is 0 Å². The molecule has 2 aromatic rings. The number of rotatable bonds is 4. The number of hydrogen-bond donors (Lipinski definition) is 1. The van der Waals surface area contributed by atoms with Gasteiger partial charge in [-0.25, -0.2) is 10.4 Å². The molecule has 0 spiro atoms. The second-order valence-electron chi connectivity index (χ2n) is 4.97. The minimum absolute atomic E-state index is 0.631. The standard InChI is InChI=1S/C13H19N7/c1-18-7-9-19(10-8-18)14-11-13-15-16-17-20(13)12-5-3-2-4-6-12/h2-6,14H,7-11H2,1H3. The first kappa shape index (κ1) is 13.2. The van der Waals surface area contributed by atoms with Gasteiger partial charge in [0.1, 0.15) is 0 Å². The van der Waals surface area contributed by atoms with Gasteiger partial charge in [-0.2, -0.15) is 4.68 Å². The number of hydrazine groups is 1. The molecule has 0 atom stereocenters. The molecule has 0 amide bonds. The number of tetrazole rings is 1. The van der Waals surface area contributed by atoms with E-state index < -0.39 is 0 Å². The molecular formula is C13H19N7. The average molecular weight is 273 g/mol. The summed E-state index contributed by atoms with van der Waals surface area (Å²) in [6.07, 6.45) is 0. The van der Waals surface area contributed by atoms with Gasteiger partial charge < -0.3 is 4.90 Å². The van der Waals surface area contributed by atoms with Crippen LogP contribution in [0.4, 0.5) is 0 Å². The molecule has 7 nitrogen and oxygen atoms in total. The summed E-state index contributed by atoms with van der Waals surface area (Å²) in [5.41, 5.74) is 4.38. The Hall–Kier alpha value is -1.83. The van der Waals surface area contributed by atoms with Crippen LogP contribution in [0.2, 0.25) is 0 Å². The largest absolute Gasteiger partial charge is 0.304 e. The lowest BCUT2D eigenvalue weighted by atomic mass is 10.3. The topological polar surface area (TPSA) is 62.1 Å². The summed E-state index contributed by atoms with van der Waals surface area (Å²) in [7, 11) is 2.15. The Morgan fingerprint density at radius 2 is 1.85 bits per heavy atom. The molecule has 1 N–H and O–H groups in total. The second-order valence-corrected chi connectivity index (χ2v) is 4.97. The van der Waals surface area contributed by atoms with Gasteiger partial charge in [-0.05, 0) is 29.6 Å². The monoisotopic (exact) mass is 273 g/mol. The van der Waals surface area contributed by atoms with Crippen molar-refractivity contribution >= 4 is 0 Å². The molecule has 1 saturated heterocycles. The fraction of sp³-hybridized carbons (Fsp3) is 0.462. The third kappa shape index (κ3) is 3.01. The summed E-state index contributed by atoms with van der Waals surface area (Å²) in [5.74, 6) is 0.815. The second kappa shape index (κ2) is 6.08. The van der Waals surface area contributed by atoms with Gasteiger partial charge in [-0.15, -0.1) is 5.10 Å². The number of para-hydroxylation sites is 1. The van der Waals surface area contributed by atoms with E-state index in [1.165, 1.54) is 0 Å². The molecule has 20 heavy (non-hydrogen) atoms. The van der Waals surface area contributed by atoms with E-state index in [-0.39, 0.29) is 0 Å². The Kier molecular flexibility index (Phi) is 4.00. The van der Waals surface area contributed by atoms with Crippen molar-refractivity contribution in [2.75, 3.05) is 33.2 Å². The fourth-order valence-corrected chi connectivity index (χ4v) is 2.23. The molecule has 1 aromatic heterocycles. The van der Waals surface area contributed by atoms with E-state index in [0.29, 0.717) is 6.54 Å². The first-order valence-corrected chi connectivity index (χ1v) is 6.82. The van der Waals surface area contributed by atoms with Gasteiger partial charge in [0.05, 0.1) is 12.2 Å². The van der Waals surface area contributed by atoms with Crippen LogP contribution in [0.1, 0.15) is 5.82 Å². The molecule has 1 aliphatic heterocycles. The zero-order chi connectivity index (χ0) is 13.8. The maximum atomic E-state index is 4.09. The van der Waals surface area contributed by atoms with Crippen molar-refractivity contribution in [3.8, 4) is 5.69 Å². The molecule has 106 valence electrons. The van der Waals surface area contributed by atoms with Crippen molar-refractivity contribution in [2.24, 2.45) is 0 Å². The van der Waals surface area contributed by atoms with Crippen LogP contribution in [0, 0.1) is 0 Å². The normalized spacial score (nSPS) is 17.4. The third-order valence-electron chi connectivity index (χ3n) is 3.50. The number of nitrogens with one attached hydrogen (secondary N) is 1. The van der Waals surface area contributed by atoms with Gasteiger partial charge in [0.15, 0.2) is 5.82 Å². The molecule has 0 saturated carbocycles.